The summed E-state index contributed by atoms with van der Waals surface area (Å²) in [5.74, 6) is 0. The summed E-state index contributed by atoms with van der Waals surface area (Å²) >= 11 is 0. The van der Waals surface area contributed by atoms with E-state index in [1.165, 1.54) is 0 Å². The van der Waals surface area contributed by atoms with Crippen LogP contribution < -0.4 is 10.6 Å². The molecule has 5 heteroatoms. The molecule has 5 nitrogen and oxygen atoms in total. The first kappa shape index (κ1) is 12.7. The first-order valence-electron chi connectivity index (χ1n) is 6.05. The Hall–Kier alpha value is -1.75. The molecule has 1 aromatic heterocycles. The third-order valence-corrected chi connectivity index (χ3v) is 2.60. The maximum atomic E-state index is 5.71. The van der Waals surface area contributed by atoms with E-state index in [0.29, 0.717) is 18.3 Å². The Morgan fingerprint density at radius 1 is 1.44 bits per heavy atom. The van der Waals surface area contributed by atoms with Crippen LogP contribution in [0.15, 0.2) is 22.6 Å². The van der Waals surface area contributed by atoms with Gasteiger partial charge in [-0.25, -0.2) is 0 Å². The summed E-state index contributed by atoms with van der Waals surface area (Å²) in [6.07, 6.45) is 0.238. The minimum absolute atomic E-state index is 0.238. The summed E-state index contributed by atoms with van der Waals surface area (Å²) in [7, 11) is 1.93. The Labute approximate surface area is 107 Å². The largest absolute Gasteiger partial charge is 0.423 e. The number of ether oxygens (including phenoxy) is 1. The number of benzene rings is 1. The first-order chi connectivity index (χ1) is 8.56. The molecule has 2 N–H and O–H groups in total. The summed E-state index contributed by atoms with van der Waals surface area (Å²) in [6, 6.07) is 6.03. The van der Waals surface area contributed by atoms with Gasteiger partial charge in [-0.05, 0) is 32.0 Å². The van der Waals surface area contributed by atoms with Crippen molar-refractivity contribution < 1.29 is 9.15 Å². The molecule has 0 amide bonds. The summed E-state index contributed by atoms with van der Waals surface area (Å²) < 4.78 is 11.1. The summed E-state index contributed by atoms with van der Waals surface area (Å²) in [5, 5.41) is 0. The second-order valence-electron chi connectivity index (χ2n) is 4.56. The normalized spacial score (nSPS) is 11.3. The van der Waals surface area contributed by atoms with Crippen LogP contribution in [-0.4, -0.2) is 31.3 Å². The molecule has 0 saturated heterocycles. The molecule has 98 valence electrons. The van der Waals surface area contributed by atoms with Crippen LogP contribution in [0.25, 0.3) is 11.1 Å². The third kappa shape index (κ3) is 2.92. The quantitative estimate of drug-likeness (QED) is 0.823. The van der Waals surface area contributed by atoms with Crippen molar-refractivity contribution in [2.75, 3.05) is 30.8 Å². The fourth-order valence-electron chi connectivity index (χ4n) is 1.62. The summed E-state index contributed by atoms with van der Waals surface area (Å²) in [6.45, 7) is 5.42. The highest BCUT2D eigenvalue weighted by atomic mass is 16.5. The van der Waals surface area contributed by atoms with Crippen molar-refractivity contribution in [2.45, 2.75) is 20.0 Å². The van der Waals surface area contributed by atoms with E-state index >= 15 is 0 Å². The lowest BCUT2D eigenvalue weighted by Crippen LogP contribution is -2.24. The van der Waals surface area contributed by atoms with Crippen molar-refractivity contribution in [3.05, 3.63) is 18.2 Å². The van der Waals surface area contributed by atoms with Crippen LogP contribution >= 0.6 is 0 Å². The number of oxazole rings is 1. The zero-order valence-corrected chi connectivity index (χ0v) is 11.0. The van der Waals surface area contributed by atoms with Crippen molar-refractivity contribution in [1.82, 2.24) is 4.98 Å². The molecule has 0 saturated carbocycles. The van der Waals surface area contributed by atoms with Crippen molar-refractivity contribution in [1.29, 1.82) is 0 Å². The monoisotopic (exact) mass is 249 g/mol. The lowest BCUT2D eigenvalue weighted by molar-refractivity contribution is 0.0842. The van der Waals surface area contributed by atoms with Gasteiger partial charge in [0.25, 0.3) is 6.01 Å². The van der Waals surface area contributed by atoms with Gasteiger partial charge >= 0.3 is 0 Å². The number of fused-ring (bicyclic) bond motifs is 1. The van der Waals surface area contributed by atoms with Crippen molar-refractivity contribution in [3.63, 3.8) is 0 Å². The predicted molar refractivity (Wildman–Crippen MR) is 72.8 cm³/mol. The third-order valence-electron chi connectivity index (χ3n) is 2.60. The summed E-state index contributed by atoms with van der Waals surface area (Å²) in [4.78, 5) is 6.32. The van der Waals surface area contributed by atoms with E-state index in [1.807, 2.05) is 31.9 Å². The number of nitrogen functional groups attached to an aromatic ring is 1. The van der Waals surface area contributed by atoms with Gasteiger partial charge in [0.2, 0.25) is 0 Å². The van der Waals surface area contributed by atoms with E-state index < -0.39 is 0 Å². The van der Waals surface area contributed by atoms with Crippen molar-refractivity contribution in [3.8, 4) is 0 Å². The standard InChI is InChI=1S/C13H19N3O2/c1-9(2)17-7-6-16(3)13-15-11-8-10(14)4-5-12(11)18-13/h4-5,8-9H,6-7,14H2,1-3H3. The Balaban J connectivity index is 2.06. The Morgan fingerprint density at radius 2 is 2.22 bits per heavy atom. The molecular weight excluding hydrogens is 230 g/mol. The van der Waals surface area contributed by atoms with Crippen LogP contribution in [0.1, 0.15) is 13.8 Å². The number of nitrogens with two attached hydrogens (primary N) is 1. The van der Waals surface area contributed by atoms with Gasteiger partial charge in [-0.3, -0.25) is 0 Å². The average molecular weight is 249 g/mol. The molecule has 0 aliphatic heterocycles. The number of hydrogen-bond acceptors (Lipinski definition) is 5. The van der Waals surface area contributed by atoms with E-state index in [0.717, 1.165) is 17.6 Å². The van der Waals surface area contributed by atoms with Gasteiger partial charge in [0.1, 0.15) is 5.52 Å². The van der Waals surface area contributed by atoms with Gasteiger partial charge in [-0.1, -0.05) is 0 Å². The molecule has 0 spiro atoms. The maximum absolute atomic E-state index is 5.71. The number of anilines is 2. The number of aromatic nitrogens is 1. The predicted octanol–water partition coefficient (Wildman–Crippen LogP) is 2.27. The molecule has 0 radical (unpaired) electrons. The molecule has 1 aromatic carbocycles. The van der Waals surface area contributed by atoms with Gasteiger partial charge in [0.05, 0.1) is 12.7 Å². The molecule has 1 heterocycles. The molecule has 0 aliphatic rings. The number of nitrogens with zero attached hydrogens (tertiary/aromatic N) is 2. The smallest absolute Gasteiger partial charge is 0.298 e. The Bertz CT molecular complexity index is 522. The molecule has 0 fully saturated rings. The van der Waals surface area contributed by atoms with Crippen molar-refractivity contribution >= 4 is 22.8 Å². The molecule has 18 heavy (non-hydrogen) atoms. The topological polar surface area (TPSA) is 64.5 Å². The molecule has 2 aromatic rings. The Morgan fingerprint density at radius 3 is 2.94 bits per heavy atom. The van der Waals surface area contributed by atoms with Gasteiger partial charge in [-0.15, -0.1) is 0 Å². The minimum Gasteiger partial charge on any atom is -0.423 e. The number of hydrogen-bond donors (Lipinski definition) is 1. The number of likely N-dealkylation sites (N-methyl/N-ethyl adjacent to an activating group) is 1. The SMILES string of the molecule is CC(C)OCCN(C)c1nc2cc(N)ccc2o1. The van der Waals surface area contributed by atoms with Crippen LogP contribution in [0.4, 0.5) is 11.7 Å². The van der Waals surface area contributed by atoms with Crippen LogP contribution in [-0.2, 0) is 4.74 Å². The zero-order chi connectivity index (χ0) is 13.1. The van der Waals surface area contributed by atoms with Crippen LogP contribution in [0, 0.1) is 0 Å². The van der Waals surface area contributed by atoms with Crippen LogP contribution in [0.3, 0.4) is 0 Å². The highest BCUT2D eigenvalue weighted by molar-refractivity contribution is 5.78. The molecule has 0 aliphatic carbocycles. The summed E-state index contributed by atoms with van der Waals surface area (Å²) in [5.41, 5.74) is 7.92. The van der Waals surface area contributed by atoms with E-state index in [9.17, 15) is 0 Å². The van der Waals surface area contributed by atoms with Crippen LogP contribution in [0.2, 0.25) is 0 Å². The van der Waals surface area contributed by atoms with E-state index in [1.54, 1.807) is 12.1 Å². The Kier molecular flexibility index (Phi) is 3.72. The average Bonchev–Trinajstić information content (AvgIpc) is 2.71. The molecular formula is C13H19N3O2. The second-order valence-corrected chi connectivity index (χ2v) is 4.56. The fourth-order valence-corrected chi connectivity index (χ4v) is 1.62. The second kappa shape index (κ2) is 5.27. The van der Waals surface area contributed by atoms with Gasteiger partial charge in [0, 0.05) is 19.3 Å². The highest BCUT2D eigenvalue weighted by Crippen LogP contribution is 2.22. The fraction of sp³-hybridized carbons (Fsp3) is 0.462. The molecule has 0 atom stereocenters. The van der Waals surface area contributed by atoms with Gasteiger partial charge < -0.3 is 19.8 Å². The number of rotatable bonds is 5. The first-order valence-corrected chi connectivity index (χ1v) is 6.05. The van der Waals surface area contributed by atoms with Gasteiger partial charge in [-0.2, -0.15) is 4.98 Å². The van der Waals surface area contributed by atoms with Crippen molar-refractivity contribution in [2.24, 2.45) is 0 Å². The van der Waals surface area contributed by atoms with Gasteiger partial charge in [0.15, 0.2) is 5.58 Å². The zero-order valence-electron chi connectivity index (χ0n) is 11.0. The van der Waals surface area contributed by atoms with E-state index in [2.05, 4.69) is 4.98 Å². The van der Waals surface area contributed by atoms with E-state index in [-0.39, 0.29) is 6.10 Å². The maximum Gasteiger partial charge on any atom is 0.298 e. The van der Waals surface area contributed by atoms with E-state index in [4.69, 9.17) is 14.9 Å². The lowest BCUT2D eigenvalue weighted by Gasteiger charge is -2.15. The lowest BCUT2D eigenvalue weighted by atomic mass is 10.3. The highest BCUT2D eigenvalue weighted by Gasteiger charge is 2.10. The minimum atomic E-state index is 0.238. The molecule has 0 bridgehead atoms. The molecule has 0 unspecified atom stereocenters. The van der Waals surface area contributed by atoms with Crippen LogP contribution in [0.5, 0.6) is 0 Å². The molecule has 2 rings (SSSR count).